The molecule has 0 aliphatic carbocycles. The van der Waals surface area contributed by atoms with E-state index in [0.29, 0.717) is 11.3 Å². The highest BCUT2D eigenvalue weighted by atomic mass is 79.9. The smallest absolute Gasteiger partial charge is 0.309 e. The first-order valence-electron chi connectivity index (χ1n) is 5.44. The molecule has 0 N–H and O–H groups in total. The van der Waals surface area contributed by atoms with Crippen molar-refractivity contribution < 1.29 is 9.53 Å². The van der Waals surface area contributed by atoms with Crippen LogP contribution in [0.4, 0.5) is 0 Å². The van der Waals surface area contributed by atoms with Crippen LogP contribution in [-0.4, -0.2) is 13.8 Å². The molecule has 18 heavy (non-hydrogen) atoms. The maximum Gasteiger partial charge on any atom is 0.309 e. The van der Waals surface area contributed by atoms with Crippen LogP contribution in [0, 0.1) is 0 Å². The first kappa shape index (κ1) is 12.9. The zero-order valence-electron chi connectivity index (χ0n) is 9.55. The molecule has 0 saturated heterocycles. The van der Waals surface area contributed by atoms with Crippen LogP contribution in [0.5, 0.6) is 5.75 Å². The third kappa shape index (κ3) is 3.23. The summed E-state index contributed by atoms with van der Waals surface area (Å²) in [4.78, 5) is 11.9. The predicted molar refractivity (Wildman–Crippen MR) is 74.7 cm³/mol. The number of esters is 1. The molecule has 88 valence electrons. The molecule has 1 atom stereocenters. The summed E-state index contributed by atoms with van der Waals surface area (Å²) in [6, 6.07) is 16.2. The number of hydrogen-bond acceptors (Lipinski definition) is 2. The van der Waals surface area contributed by atoms with Gasteiger partial charge in [0.1, 0.15) is 5.75 Å². The monoisotopic (exact) mass is 300 g/mol. The van der Waals surface area contributed by atoms with Crippen molar-refractivity contribution in [2.45, 2.75) is 5.82 Å². The summed E-state index contributed by atoms with van der Waals surface area (Å²) in [6.45, 7) is 0. The maximum absolute atomic E-state index is 11.9. The van der Waals surface area contributed by atoms with E-state index < -0.39 is 11.8 Å². The van der Waals surface area contributed by atoms with Crippen LogP contribution < -0.4 is 4.74 Å². The Hall–Kier alpha value is -1.55. The SMILES string of the molecule is [B][C@@H](C(=O)Oc1ccccc1)c1cccc(Br)c1. The van der Waals surface area contributed by atoms with Crippen LogP contribution in [0.3, 0.4) is 0 Å². The van der Waals surface area contributed by atoms with Gasteiger partial charge >= 0.3 is 5.97 Å². The minimum absolute atomic E-state index is 0.473. The average molecular weight is 301 g/mol. The Balaban J connectivity index is 2.10. The van der Waals surface area contributed by atoms with E-state index in [2.05, 4.69) is 15.9 Å². The van der Waals surface area contributed by atoms with Gasteiger partial charge in [-0.25, -0.2) is 0 Å². The first-order chi connectivity index (χ1) is 8.66. The van der Waals surface area contributed by atoms with E-state index in [1.54, 1.807) is 36.4 Å². The largest absolute Gasteiger partial charge is 0.427 e. The minimum atomic E-state index is -0.789. The number of para-hydroxylation sites is 1. The molecule has 0 heterocycles. The van der Waals surface area contributed by atoms with Crippen molar-refractivity contribution in [1.82, 2.24) is 0 Å². The van der Waals surface area contributed by atoms with Crippen LogP contribution in [0.1, 0.15) is 11.4 Å². The topological polar surface area (TPSA) is 26.3 Å². The normalized spacial score (nSPS) is 11.8. The summed E-state index contributed by atoms with van der Waals surface area (Å²) in [6.07, 6.45) is 0. The van der Waals surface area contributed by atoms with E-state index in [0.717, 1.165) is 4.47 Å². The summed E-state index contributed by atoms with van der Waals surface area (Å²) >= 11 is 3.34. The summed E-state index contributed by atoms with van der Waals surface area (Å²) < 4.78 is 6.07. The van der Waals surface area contributed by atoms with Gasteiger partial charge in [-0.15, -0.1) is 0 Å². The molecule has 2 radical (unpaired) electrons. The fraction of sp³-hybridized carbons (Fsp3) is 0.0714. The van der Waals surface area contributed by atoms with Gasteiger partial charge in [-0.2, -0.15) is 0 Å². The fourth-order valence-corrected chi connectivity index (χ4v) is 1.92. The number of ether oxygens (including phenoxy) is 1. The molecule has 2 aromatic carbocycles. The van der Waals surface area contributed by atoms with Crippen LogP contribution in [0.2, 0.25) is 0 Å². The van der Waals surface area contributed by atoms with Gasteiger partial charge in [0, 0.05) is 10.3 Å². The van der Waals surface area contributed by atoms with Gasteiger partial charge in [-0.05, 0) is 29.8 Å². The standard InChI is InChI=1S/C14H10BBrO2/c15-13(10-5-4-6-11(16)9-10)14(17)18-12-7-2-1-3-8-12/h1-9,13H/t13-/m1/s1. The molecule has 2 aromatic rings. The van der Waals surface area contributed by atoms with E-state index >= 15 is 0 Å². The van der Waals surface area contributed by atoms with Crippen LogP contribution in [-0.2, 0) is 4.79 Å². The highest BCUT2D eigenvalue weighted by molar-refractivity contribution is 9.10. The Labute approximate surface area is 116 Å². The number of halogens is 1. The molecule has 0 aromatic heterocycles. The van der Waals surface area contributed by atoms with E-state index in [1.165, 1.54) is 0 Å². The van der Waals surface area contributed by atoms with Gasteiger partial charge in [-0.3, -0.25) is 4.79 Å². The lowest BCUT2D eigenvalue weighted by atomic mass is 9.81. The Morgan fingerprint density at radius 1 is 1.11 bits per heavy atom. The number of carbonyl (C=O) groups excluding carboxylic acids is 1. The van der Waals surface area contributed by atoms with Gasteiger partial charge in [0.15, 0.2) is 0 Å². The molecule has 2 nitrogen and oxygen atoms in total. The molecule has 0 amide bonds. The maximum atomic E-state index is 11.9. The predicted octanol–water partition coefficient (Wildman–Crippen LogP) is 3.26. The highest BCUT2D eigenvalue weighted by Gasteiger charge is 2.17. The Bertz CT molecular complexity index is 543. The zero-order valence-corrected chi connectivity index (χ0v) is 11.1. The van der Waals surface area contributed by atoms with E-state index in [-0.39, 0.29) is 0 Å². The van der Waals surface area contributed by atoms with Gasteiger partial charge in [0.2, 0.25) is 0 Å². The third-order valence-electron chi connectivity index (χ3n) is 2.42. The molecule has 0 unspecified atom stereocenters. The second kappa shape index (κ2) is 5.87. The Morgan fingerprint density at radius 2 is 1.83 bits per heavy atom. The van der Waals surface area contributed by atoms with Crippen molar-refractivity contribution in [2.75, 3.05) is 0 Å². The first-order valence-corrected chi connectivity index (χ1v) is 6.24. The van der Waals surface area contributed by atoms with Crippen molar-refractivity contribution in [1.29, 1.82) is 0 Å². The number of benzene rings is 2. The van der Waals surface area contributed by atoms with Crippen molar-refractivity contribution >= 4 is 29.7 Å². The number of rotatable bonds is 3. The quantitative estimate of drug-likeness (QED) is 0.494. The van der Waals surface area contributed by atoms with E-state index in [1.807, 2.05) is 18.2 Å². The molecule has 0 saturated carbocycles. The minimum Gasteiger partial charge on any atom is -0.427 e. The lowest BCUT2D eigenvalue weighted by Gasteiger charge is -2.12. The van der Waals surface area contributed by atoms with E-state index in [4.69, 9.17) is 12.6 Å². The van der Waals surface area contributed by atoms with Crippen molar-refractivity contribution in [3.63, 3.8) is 0 Å². The van der Waals surface area contributed by atoms with Gasteiger partial charge in [-0.1, -0.05) is 46.3 Å². The molecule has 0 aliphatic rings. The average Bonchev–Trinajstić information content (AvgIpc) is 2.39. The fourth-order valence-electron chi connectivity index (χ4n) is 1.50. The third-order valence-corrected chi connectivity index (χ3v) is 2.92. The van der Waals surface area contributed by atoms with Crippen LogP contribution in [0.25, 0.3) is 0 Å². The van der Waals surface area contributed by atoms with Crippen LogP contribution in [0.15, 0.2) is 59.1 Å². The number of carbonyl (C=O) groups is 1. The number of hydrogen-bond donors (Lipinski definition) is 0. The van der Waals surface area contributed by atoms with Crippen molar-refractivity contribution in [3.8, 4) is 5.75 Å². The van der Waals surface area contributed by atoms with Crippen LogP contribution >= 0.6 is 15.9 Å². The second-order valence-electron chi connectivity index (χ2n) is 3.77. The van der Waals surface area contributed by atoms with E-state index in [9.17, 15) is 4.79 Å². The Kier molecular flexibility index (Phi) is 4.21. The summed E-state index contributed by atoms with van der Waals surface area (Å²) in [5.41, 5.74) is 0.713. The summed E-state index contributed by atoms with van der Waals surface area (Å²) in [7, 11) is 5.86. The molecule has 0 spiro atoms. The van der Waals surface area contributed by atoms with Gasteiger partial charge in [0.05, 0.1) is 7.85 Å². The summed E-state index contributed by atoms with van der Waals surface area (Å²) in [5, 5.41) is 0. The van der Waals surface area contributed by atoms with Crippen molar-refractivity contribution in [3.05, 3.63) is 64.6 Å². The molecular weight excluding hydrogens is 291 g/mol. The molecular formula is C14H10BBrO2. The highest BCUT2D eigenvalue weighted by Crippen LogP contribution is 2.20. The van der Waals surface area contributed by atoms with Gasteiger partial charge in [0.25, 0.3) is 0 Å². The molecule has 4 heteroatoms. The van der Waals surface area contributed by atoms with Crippen molar-refractivity contribution in [2.24, 2.45) is 0 Å². The molecule has 0 aliphatic heterocycles. The lowest BCUT2D eigenvalue weighted by Crippen LogP contribution is -2.18. The molecule has 0 bridgehead atoms. The second-order valence-corrected chi connectivity index (χ2v) is 4.68. The summed E-state index contributed by atoms with van der Waals surface area (Å²) in [5.74, 6) is -0.769. The lowest BCUT2D eigenvalue weighted by molar-refractivity contribution is -0.134. The zero-order chi connectivity index (χ0) is 13.0. The van der Waals surface area contributed by atoms with Gasteiger partial charge < -0.3 is 4.74 Å². The molecule has 0 fully saturated rings. The molecule has 2 rings (SSSR count). The Morgan fingerprint density at radius 3 is 2.50 bits per heavy atom.